The molecule has 2 aromatic carbocycles. The third kappa shape index (κ3) is 3.19. The third-order valence-electron chi connectivity index (χ3n) is 3.45. The molecule has 24 heavy (non-hydrogen) atoms. The zero-order valence-electron chi connectivity index (χ0n) is 13.0. The van der Waals surface area contributed by atoms with Gasteiger partial charge in [0.15, 0.2) is 5.78 Å². The predicted molar refractivity (Wildman–Crippen MR) is 91.9 cm³/mol. The fraction of sp³-hybridized carbons (Fsp3) is 0.111. The standard InChI is InChI=1S/C18H13BrO5/c1-10(20)14-8-12(19)4-6-15(14)24-18(21)17-7-11-3-5-13(22-2)9-16(11)23-17/h3-9H,1-2H3. The molecule has 122 valence electrons. The summed E-state index contributed by atoms with van der Waals surface area (Å²) in [5.41, 5.74) is 0.833. The zero-order valence-corrected chi connectivity index (χ0v) is 14.5. The number of halogens is 1. The molecule has 3 aromatic rings. The van der Waals surface area contributed by atoms with Crippen molar-refractivity contribution in [1.29, 1.82) is 0 Å². The summed E-state index contributed by atoms with van der Waals surface area (Å²) in [6, 6.07) is 11.7. The van der Waals surface area contributed by atoms with E-state index < -0.39 is 5.97 Å². The monoisotopic (exact) mass is 388 g/mol. The van der Waals surface area contributed by atoms with E-state index in [1.165, 1.54) is 6.92 Å². The van der Waals surface area contributed by atoms with Crippen molar-refractivity contribution in [3.63, 3.8) is 0 Å². The van der Waals surface area contributed by atoms with Crippen LogP contribution in [0.5, 0.6) is 11.5 Å². The molecule has 0 amide bonds. The Bertz CT molecular complexity index is 942. The summed E-state index contributed by atoms with van der Waals surface area (Å²) in [5, 5.41) is 0.755. The van der Waals surface area contributed by atoms with Crippen LogP contribution in [0.3, 0.4) is 0 Å². The van der Waals surface area contributed by atoms with Crippen LogP contribution < -0.4 is 9.47 Å². The number of carbonyl (C=O) groups excluding carboxylic acids is 2. The number of carbonyl (C=O) groups is 2. The topological polar surface area (TPSA) is 65.7 Å². The van der Waals surface area contributed by atoms with E-state index in [1.54, 1.807) is 49.6 Å². The van der Waals surface area contributed by atoms with Crippen molar-refractivity contribution < 1.29 is 23.5 Å². The summed E-state index contributed by atoms with van der Waals surface area (Å²) >= 11 is 3.29. The molecule has 0 aliphatic rings. The van der Waals surface area contributed by atoms with Crippen LogP contribution in [0.15, 0.2) is 51.4 Å². The normalized spacial score (nSPS) is 10.6. The number of hydrogen-bond donors (Lipinski definition) is 0. The van der Waals surface area contributed by atoms with Gasteiger partial charge in [0.25, 0.3) is 0 Å². The molecular weight excluding hydrogens is 376 g/mol. The fourth-order valence-corrected chi connectivity index (χ4v) is 2.62. The van der Waals surface area contributed by atoms with Gasteiger partial charge in [-0.15, -0.1) is 0 Å². The van der Waals surface area contributed by atoms with Crippen molar-refractivity contribution in [3.05, 3.63) is 58.3 Å². The quantitative estimate of drug-likeness (QED) is 0.370. The molecule has 5 nitrogen and oxygen atoms in total. The lowest BCUT2D eigenvalue weighted by Gasteiger charge is -2.07. The minimum absolute atomic E-state index is 0.0515. The van der Waals surface area contributed by atoms with Crippen LogP contribution in [0, 0.1) is 0 Å². The van der Waals surface area contributed by atoms with Gasteiger partial charge in [0, 0.05) is 15.9 Å². The SMILES string of the molecule is COc1ccc2cc(C(=O)Oc3ccc(Br)cc3C(C)=O)oc2c1. The Morgan fingerprint density at radius 1 is 1.08 bits per heavy atom. The first-order valence-corrected chi connectivity index (χ1v) is 7.87. The van der Waals surface area contributed by atoms with Crippen LogP contribution in [0.4, 0.5) is 0 Å². The first-order valence-electron chi connectivity index (χ1n) is 7.08. The van der Waals surface area contributed by atoms with E-state index in [0.29, 0.717) is 16.9 Å². The van der Waals surface area contributed by atoms with Gasteiger partial charge < -0.3 is 13.9 Å². The Labute approximate surface area is 146 Å². The summed E-state index contributed by atoms with van der Waals surface area (Å²) in [7, 11) is 1.55. The predicted octanol–water partition coefficient (Wildman–Crippen LogP) is 4.63. The molecule has 0 spiro atoms. The second-order valence-corrected chi connectivity index (χ2v) is 6.02. The maximum Gasteiger partial charge on any atom is 0.379 e. The first kappa shape index (κ1) is 16.3. The molecule has 0 saturated carbocycles. The first-order chi connectivity index (χ1) is 11.5. The minimum Gasteiger partial charge on any atom is -0.497 e. The number of benzene rings is 2. The molecule has 0 fully saturated rings. The molecule has 0 unspecified atom stereocenters. The van der Waals surface area contributed by atoms with Crippen molar-refractivity contribution in [1.82, 2.24) is 0 Å². The van der Waals surface area contributed by atoms with Crippen LogP contribution in [0.2, 0.25) is 0 Å². The summed E-state index contributed by atoms with van der Waals surface area (Å²) in [6.07, 6.45) is 0. The van der Waals surface area contributed by atoms with E-state index in [2.05, 4.69) is 15.9 Å². The van der Waals surface area contributed by atoms with Gasteiger partial charge in [-0.05, 0) is 43.3 Å². The highest BCUT2D eigenvalue weighted by molar-refractivity contribution is 9.10. The number of hydrogen-bond acceptors (Lipinski definition) is 5. The smallest absolute Gasteiger partial charge is 0.379 e. The van der Waals surface area contributed by atoms with Crippen LogP contribution in [0.1, 0.15) is 27.8 Å². The molecule has 3 rings (SSSR count). The minimum atomic E-state index is -0.671. The highest BCUT2D eigenvalue weighted by atomic mass is 79.9. The number of fused-ring (bicyclic) bond motifs is 1. The fourth-order valence-electron chi connectivity index (χ4n) is 2.26. The maximum atomic E-state index is 12.3. The molecule has 0 aliphatic heterocycles. The largest absolute Gasteiger partial charge is 0.497 e. The average Bonchev–Trinajstić information content (AvgIpc) is 2.99. The number of ketones is 1. The highest BCUT2D eigenvalue weighted by Crippen LogP contribution is 2.27. The van der Waals surface area contributed by atoms with E-state index in [-0.39, 0.29) is 17.3 Å². The average molecular weight is 389 g/mol. The lowest BCUT2D eigenvalue weighted by molar-refractivity contribution is 0.0702. The van der Waals surface area contributed by atoms with Gasteiger partial charge in [0.05, 0.1) is 12.7 Å². The summed E-state index contributed by atoms with van der Waals surface area (Å²) in [4.78, 5) is 24.0. The molecule has 0 N–H and O–H groups in total. The molecule has 1 aromatic heterocycles. The lowest BCUT2D eigenvalue weighted by Crippen LogP contribution is -2.10. The van der Waals surface area contributed by atoms with Gasteiger partial charge >= 0.3 is 5.97 Å². The summed E-state index contributed by atoms with van der Waals surface area (Å²) < 4.78 is 16.7. The molecule has 0 saturated heterocycles. The van der Waals surface area contributed by atoms with Crippen molar-refractivity contribution >= 4 is 38.7 Å². The Morgan fingerprint density at radius 3 is 2.58 bits per heavy atom. The molecule has 0 bridgehead atoms. The lowest BCUT2D eigenvalue weighted by atomic mass is 10.1. The van der Waals surface area contributed by atoms with E-state index >= 15 is 0 Å². The molecule has 0 aliphatic carbocycles. The molecule has 1 heterocycles. The Morgan fingerprint density at radius 2 is 1.88 bits per heavy atom. The van der Waals surface area contributed by atoms with E-state index in [4.69, 9.17) is 13.9 Å². The van der Waals surface area contributed by atoms with Gasteiger partial charge in [-0.3, -0.25) is 4.79 Å². The van der Waals surface area contributed by atoms with Crippen LogP contribution >= 0.6 is 15.9 Å². The highest BCUT2D eigenvalue weighted by Gasteiger charge is 2.18. The Balaban J connectivity index is 1.91. The van der Waals surface area contributed by atoms with E-state index in [9.17, 15) is 9.59 Å². The van der Waals surface area contributed by atoms with Crippen molar-refractivity contribution in [3.8, 4) is 11.5 Å². The number of ether oxygens (including phenoxy) is 2. The van der Waals surface area contributed by atoms with Crippen LogP contribution in [0.25, 0.3) is 11.0 Å². The Hall–Kier alpha value is -2.60. The van der Waals surface area contributed by atoms with Crippen molar-refractivity contribution in [2.45, 2.75) is 6.92 Å². The molecule has 6 heteroatoms. The van der Waals surface area contributed by atoms with Crippen molar-refractivity contribution in [2.75, 3.05) is 7.11 Å². The van der Waals surface area contributed by atoms with Gasteiger partial charge in [-0.25, -0.2) is 4.79 Å². The molecule has 0 atom stereocenters. The van der Waals surface area contributed by atoms with Gasteiger partial charge in [-0.2, -0.15) is 0 Å². The molecular formula is C18H13BrO5. The maximum absolute atomic E-state index is 12.3. The van der Waals surface area contributed by atoms with E-state index in [1.807, 2.05) is 0 Å². The van der Waals surface area contributed by atoms with Crippen LogP contribution in [-0.4, -0.2) is 18.9 Å². The zero-order chi connectivity index (χ0) is 17.3. The molecule has 0 radical (unpaired) electrons. The number of rotatable bonds is 4. The second kappa shape index (κ2) is 6.49. The second-order valence-electron chi connectivity index (χ2n) is 5.10. The third-order valence-corrected chi connectivity index (χ3v) is 3.95. The van der Waals surface area contributed by atoms with Crippen molar-refractivity contribution in [2.24, 2.45) is 0 Å². The van der Waals surface area contributed by atoms with Crippen LogP contribution in [-0.2, 0) is 0 Å². The number of Topliss-reactive ketones (excluding diaryl/α,β-unsaturated/α-hetero) is 1. The summed E-state index contributed by atoms with van der Waals surface area (Å²) in [5.74, 6) is -0.00335. The summed E-state index contributed by atoms with van der Waals surface area (Å²) in [6.45, 7) is 1.41. The number of esters is 1. The number of methoxy groups -OCH3 is 1. The van der Waals surface area contributed by atoms with Gasteiger partial charge in [-0.1, -0.05) is 15.9 Å². The number of furan rings is 1. The Kier molecular flexibility index (Phi) is 4.40. The van der Waals surface area contributed by atoms with Gasteiger partial charge in [0.1, 0.15) is 17.1 Å². The van der Waals surface area contributed by atoms with Gasteiger partial charge in [0.2, 0.25) is 5.76 Å². The van der Waals surface area contributed by atoms with E-state index in [0.717, 1.165) is 9.86 Å².